The fourth-order valence-corrected chi connectivity index (χ4v) is 2.10. The van der Waals surface area contributed by atoms with E-state index in [1.54, 1.807) is 12.1 Å². The van der Waals surface area contributed by atoms with Crippen molar-refractivity contribution < 1.29 is 5.11 Å². The standard InChI is InChI=1S/C16H14N2O/c19-15-8-4-5-12(10-15)9-14-11-16(18-17-14)13-6-2-1-3-7-13/h1-8,10-11,19H,9H2,(H,17,18). The fourth-order valence-electron chi connectivity index (χ4n) is 2.10. The molecule has 0 aliphatic heterocycles. The number of aromatic nitrogens is 2. The molecule has 2 aromatic carbocycles. The number of aromatic hydroxyl groups is 1. The minimum absolute atomic E-state index is 0.292. The summed E-state index contributed by atoms with van der Waals surface area (Å²) in [5, 5.41) is 16.8. The maximum atomic E-state index is 9.45. The Morgan fingerprint density at radius 2 is 1.79 bits per heavy atom. The largest absolute Gasteiger partial charge is 0.508 e. The highest BCUT2D eigenvalue weighted by atomic mass is 16.3. The van der Waals surface area contributed by atoms with Crippen LogP contribution in [-0.4, -0.2) is 15.3 Å². The van der Waals surface area contributed by atoms with Gasteiger partial charge in [0.1, 0.15) is 5.75 Å². The summed E-state index contributed by atoms with van der Waals surface area (Å²) in [5.74, 6) is 0.292. The van der Waals surface area contributed by atoms with Crippen molar-refractivity contribution in [3.05, 3.63) is 71.9 Å². The number of rotatable bonds is 3. The lowest BCUT2D eigenvalue weighted by Gasteiger charge is -1.99. The number of phenols is 1. The van der Waals surface area contributed by atoms with Crippen LogP contribution in [0.15, 0.2) is 60.7 Å². The van der Waals surface area contributed by atoms with E-state index in [-0.39, 0.29) is 0 Å². The van der Waals surface area contributed by atoms with Crippen LogP contribution in [0.4, 0.5) is 0 Å². The molecule has 94 valence electrons. The molecule has 0 saturated carbocycles. The lowest BCUT2D eigenvalue weighted by Crippen LogP contribution is -1.87. The third-order valence-corrected chi connectivity index (χ3v) is 3.01. The van der Waals surface area contributed by atoms with Crippen molar-refractivity contribution in [1.29, 1.82) is 0 Å². The Labute approximate surface area is 111 Å². The summed E-state index contributed by atoms with van der Waals surface area (Å²) in [4.78, 5) is 0. The molecule has 19 heavy (non-hydrogen) atoms. The summed E-state index contributed by atoms with van der Waals surface area (Å²) < 4.78 is 0. The van der Waals surface area contributed by atoms with Gasteiger partial charge in [-0.1, -0.05) is 42.5 Å². The number of H-pyrrole nitrogens is 1. The van der Waals surface area contributed by atoms with E-state index in [9.17, 15) is 5.11 Å². The van der Waals surface area contributed by atoms with Crippen LogP contribution in [0.25, 0.3) is 11.3 Å². The molecule has 0 amide bonds. The third kappa shape index (κ3) is 2.65. The highest BCUT2D eigenvalue weighted by molar-refractivity contribution is 5.59. The molecule has 3 aromatic rings. The Balaban J connectivity index is 1.82. The lowest BCUT2D eigenvalue weighted by molar-refractivity contribution is 0.474. The van der Waals surface area contributed by atoms with Gasteiger partial charge >= 0.3 is 0 Å². The minimum Gasteiger partial charge on any atom is -0.508 e. The third-order valence-electron chi connectivity index (χ3n) is 3.01. The number of nitrogens with one attached hydrogen (secondary N) is 1. The van der Waals surface area contributed by atoms with E-state index in [0.29, 0.717) is 5.75 Å². The molecule has 3 rings (SSSR count). The Bertz CT molecular complexity index is 674. The average molecular weight is 250 g/mol. The van der Waals surface area contributed by atoms with Crippen molar-refractivity contribution in [2.75, 3.05) is 0 Å². The summed E-state index contributed by atoms with van der Waals surface area (Å²) >= 11 is 0. The van der Waals surface area contributed by atoms with Crippen LogP contribution in [0.3, 0.4) is 0 Å². The monoisotopic (exact) mass is 250 g/mol. The first-order valence-electron chi connectivity index (χ1n) is 6.19. The number of benzene rings is 2. The van der Waals surface area contributed by atoms with Gasteiger partial charge < -0.3 is 5.11 Å². The van der Waals surface area contributed by atoms with Gasteiger partial charge in [0.25, 0.3) is 0 Å². The molecule has 1 heterocycles. The molecule has 3 nitrogen and oxygen atoms in total. The van der Waals surface area contributed by atoms with Crippen molar-refractivity contribution in [2.24, 2.45) is 0 Å². The van der Waals surface area contributed by atoms with Gasteiger partial charge in [-0.2, -0.15) is 5.10 Å². The van der Waals surface area contributed by atoms with Gasteiger partial charge in [0.15, 0.2) is 0 Å². The molecule has 0 bridgehead atoms. The van der Waals surface area contributed by atoms with Crippen LogP contribution >= 0.6 is 0 Å². The molecule has 0 radical (unpaired) electrons. The predicted octanol–water partition coefficient (Wildman–Crippen LogP) is 3.37. The molecule has 0 unspecified atom stereocenters. The van der Waals surface area contributed by atoms with Gasteiger partial charge in [0, 0.05) is 17.7 Å². The molecular formula is C16H14N2O. The SMILES string of the molecule is Oc1cccc(Cc2cc(-c3ccccc3)n[nH]2)c1. The molecule has 0 saturated heterocycles. The summed E-state index contributed by atoms with van der Waals surface area (Å²) in [6.45, 7) is 0. The summed E-state index contributed by atoms with van der Waals surface area (Å²) in [5.41, 5.74) is 4.13. The van der Waals surface area contributed by atoms with E-state index < -0.39 is 0 Å². The van der Waals surface area contributed by atoms with Crippen molar-refractivity contribution in [2.45, 2.75) is 6.42 Å². The smallest absolute Gasteiger partial charge is 0.115 e. The van der Waals surface area contributed by atoms with Gasteiger partial charge in [-0.15, -0.1) is 0 Å². The maximum absolute atomic E-state index is 9.45. The van der Waals surface area contributed by atoms with E-state index in [2.05, 4.69) is 10.2 Å². The van der Waals surface area contributed by atoms with Crippen LogP contribution in [0.2, 0.25) is 0 Å². The second-order valence-corrected chi connectivity index (χ2v) is 4.49. The molecule has 0 aliphatic rings. The van der Waals surface area contributed by atoms with Crippen LogP contribution in [0.5, 0.6) is 5.75 Å². The molecule has 2 N–H and O–H groups in total. The zero-order chi connectivity index (χ0) is 13.1. The lowest BCUT2D eigenvalue weighted by atomic mass is 10.1. The minimum atomic E-state index is 0.292. The zero-order valence-electron chi connectivity index (χ0n) is 10.4. The number of aromatic amines is 1. The number of phenolic OH excluding ortho intramolecular Hbond substituents is 1. The Morgan fingerprint density at radius 1 is 0.947 bits per heavy atom. The molecule has 0 aliphatic carbocycles. The second-order valence-electron chi connectivity index (χ2n) is 4.49. The second kappa shape index (κ2) is 4.98. The molecule has 3 heteroatoms. The highest BCUT2D eigenvalue weighted by Crippen LogP contribution is 2.19. The van der Waals surface area contributed by atoms with Crippen molar-refractivity contribution in [3.63, 3.8) is 0 Å². The van der Waals surface area contributed by atoms with Crippen LogP contribution in [0, 0.1) is 0 Å². The van der Waals surface area contributed by atoms with E-state index >= 15 is 0 Å². The van der Waals surface area contributed by atoms with Crippen molar-refractivity contribution >= 4 is 0 Å². The van der Waals surface area contributed by atoms with Gasteiger partial charge in [0.2, 0.25) is 0 Å². The number of hydrogen-bond acceptors (Lipinski definition) is 2. The zero-order valence-corrected chi connectivity index (χ0v) is 10.4. The van der Waals surface area contributed by atoms with Crippen molar-refractivity contribution in [1.82, 2.24) is 10.2 Å². The van der Waals surface area contributed by atoms with E-state index in [0.717, 1.165) is 28.9 Å². The van der Waals surface area contributed by atoms with Gasteiger partial charge in [-0.3, -0.25) is 5.10 Å². The molecule has 1 aromatic heterocycles. The first-order chi connectivity index (χ1) is 9.31. The summed E-state index contributed by atoms with van der Waals surface area (Å²) in [6, 6.07) is 19.4. The number of hydrogen-bond donors (Lipinski definition) is 2. The normalized spacial score (nSPS) is 10.5. The van der Waals surface area contributed by atoms with E-state index in [4.69, 9.17) is 0 Å². The Morgan fingerprint density at radius 3 is 2.58 bits per heavy atom. The average Bonchev–Trinajstić information content (AvgIpc) is 2.88. The molecule has 0 fully saturated rings. The fraction of sp³-hybridized carbons (Fsp3) is 0.0625. The van der Waals surface area contributed by atoms with Crippen LogP contribution in [-0.2, 0) is 6.42 Å². The summed E-state index contributed by atoms with van der Waals surface area (Å²) in [6.07, 6.45) is 0.730. The molecule has 0 atom stereocenters. The quantitative estimate of drug-likeness (QED) is 0.748. The molecule has 0 spiro atoms. The van der Waals surface area contributed by atoms with Gasteiger partial charge in [-0.25, -0.2) is 0 Å². The first kappa shape index (κ1) is 11.5. The number of nitrogens with zero attached hydrogens (tertiary/aromatic N) is 1. The van der Waals surface area contributed by atoms with Crippen molar-refractivity contribution in [3.8, 4) is 17.0 Å². The van der Waals surface area contributed by atoms with Gasteiger partial charge in [-0.05, 0) is 23.8 Å². The maximum Gasteiger partial charge on any atom is 0.115 e. The Hall–Kier alpha value is -2.55. The topological polar surface area (TPSA) is 48.9 Å². The molecular weight excluding hydrogens is 236 g/mol. The highest BCUT2D eigenvalue weighted by Gasteiger charge is 2.04. The first-order valence-corrected chi connectivity index (χ1v) is 6.19. The van der Waals surface area contributed by atoms with E-state index in [1.165, 1.54) is 0 Å². The Kier molecular flexibility index (Phi) is 3.02. The van der Waals surface area contributed by atoms with Gasteiger partial charge in [0.05, 0.1) is 5.69 Å². The van der Waals surface area contributed by atoms with Crippen LogP contribution < -0.4 is 0 Å². The summed E-state index contributed by atoms with van der Waals surface area (Å²) in [7, 11) is 0. The van der Waals surface area contributed by atoms with E-state index in [1.807, 2.05) is 48.5 Å². The predicted molar refractivity (Wildman–Crippen MR) is 74.9 cm³/mol. The van der Waals surface area contributed by atoms with Crippen LogP contribution in [0.1, 0.15) is 11.3 Å².